The Labute approximate surface area is 80.6 Å². The van der Waals surface area contributed by atoms with E-state index in [-0.39, 0.29) is 0 Å². The molecule has 78 valence electrons. The number of hydrogen-bond donors (Lipinski definition) is 1. The van der Waals surface area contributed by atoms with Gasteiger partial charge in [0.1, 0.15) is 0 Å². The van der Waals surface area contributed by atoms with Crippen LogP contribution in [0.1, 0.15) is 39.5 Å². The summed E-state index contributed by atoms with van der Waals surface area (Å²) >= 11 is 0. The van der Waals surface area contributed by atoms with Crippen molar-refractivity contribution in [3.05, 3.63) is 0 Å². The Balaban J connectivity index is 0.000000252. The standard InChI is InChI=1S/C7H15N.C3H6O2/c1-2-6-3-4-7(8)5-6;1-2-5-3-4/h6-7H,2-5,8H2,1H3;3H,2H2,1H3. The highest BCUT2D eigenvalue weighted by Gasteiger charge is 2.19. The van der Waals surface area contributed by atoms with Gasteiger partial charge in [-0.2, -0.15) is 0 Å². The molecule has 2 N–H and O–H groups in total. The molecule has 1 saturated carbocycles. The van der Waals surface area contributed by atoms with Gasteiger partial charge in [0.2, 0.25) is 0 Å². The summed E-state index contributed by atoms with van der Waals surface area (Å²) in [5.74, 6) is 0.949. The Morgan fingerprint density at radius 2 is 2.15 bits per heavy atom. The van der Waals surface area contributed by atoms with E-state index < -0.39 is 0 Å². The van der Waals surface area contributed by atoms with E-state index in [9.17, 15) is 4.79 Å². The van der Waals surface area contributed by atoms with Crippen LogP contribution in [0.15, 0.2) is 0 Å². The van der Waals surface area contributed by atoms with Gasteiger partial charge in [-0.1, -0.05) is 13.3 Å². The molecule has 1 aliphatic rings. The van der Waals surface area contributed by atoms with Crippen LogP contribution in [-0.4, -0.2) is 19.1 Å². The fourth-order valence-electron chi connectivity index (χ4n) is 1.55. The average Bonchev–Trinajstić information content (AvgIpc) is 2.54. The van der Waals surface area contributed by atoms with Gasteiger partial charge in [0, 0.05) is 6.04 Å². The first-order valence-corrected chi connectivity index (χ1v) is 5.05. The number of carbonyl (C=O) groups excluding carboxylic acids is 1. The van der Waals surface area contributed by atoms with Crippen molar-refractivity contribution in [2.75, 3.05) is 6.61 Å². The van der Waals surface area contributed by atoms with Gasteiger partial charge in [-0.05, 0) is 32.1 Å². The minimum atomic E-state index is 0.431. The fraction of sp³-hybridized carbons (Fsp3) is 0.900. The van der Waals surface area contributed by atoms with Crippen LogP contribution in [-0.2, 0) is 9.53 Å². The molecule has 1 fully saturated rings. The molecule has 0 bridgehead atoms. The topological polar surface area (TPSA) is 52.3 Å². The Kier molecular flexibility index (Phi) is 7.69. The summed E-state index contributed by atoms with van der Waals surface area (Å²) in [7, 11) is 0. The smallest absolute Gasteiger partial charge is 0.293 e. The molecule has 0 spiro atoms. The Hall–Kier alpha value is -0.570. The maximum atomic E-state index is 9.18. The molecule has 3 heteroatoms. The van der Waals surface area contributed by atoms with Gasteiger partial charge < -0.3 is 10.5 Å². The van der Waals surface area contributed by atoms with Crippen LogP contribution in [0.5, 0.6) is 0 Å². The maximum Gasteiger partial charge on any atom is 0.293 e. The molecular formula is C10H21NO2. The second-order valence-electron chi connectivity index (χ2n) is 3.40. The lowest BCUT2D eigenvalue weighted by Gasteiger charge is -2.02. The summed E-state index contributed by atoms with van der Waals surface area (Å²) in [4.78, 5) is 9.18. The molecule has 0 amide bonds. The van der Waals surface area contributed by atoms with E-state index >= 15 is 0 Å². The lowest BCUT2D eigenvalue weighted by Crippen LogP contribution is -2.14. The summed E-state index contributed by atoms with van der Waals surface area (Å²) < 4.78 is 4.15. The molecule has 3 nitrogen and oxygen atoms in total. The summed E-state index contributed by atoms with van der Waals surface area (Å²) in [6.45, 7) is 4.92. The Bertz CT molecular complexity index is 128. The summed E-state index contributed by atoms with van der Waals surface area (Å²) in [5, 5.41) is 0. The fourth-order valence-corrected chi connectivity index (χ4v) is 1.55. The molecule has 2 atom stereocenters. The largest absolute Gasteiger partial charge is 0.468 e. The molecule has 2 unspecified atom stereocenters. The zero-order chi connectivity index (χ0) is 10.1. The van der Waals surface area contributed by atoms with E-state index in [2.05, 4.69) is 11.7 Å². The van der Waals surface area contributed by atoms with Gasteiger partial charge in [-0.3, -0.25) is 4.79 Å². The maximum absolute atomic E-state index is 9.18. The van der Waals surface area contributed by atoms with Crippen LogP contribution in [0, 0.1) is 5.92 Å². The van der Waals surface area contributed by atoms with Gasteiger partial charge in [0.25, 0.3) is 6.47 Å². The van der Waals surface area contributed by atoms with Crippen molar-refractivity contribution in [1.82, 2.24) is 0 Å². The summed E-state index contributed by atoms with van der Waals surface area (Å²) in [6.07, 6.45) is 5.24. The van der Waals surface area contributed by atoms with Crippen LogP contribution in [0.25, 0.3) is 0 Å². The first-order valence-electron chi connectivity index (χ1n) is 5.05. The van der Waals surface area contributed by atoms with Crippen molar-refractivity contribution < 1.29 is 9.53 Å². The number of hydrogen-bond acceptors (Lipinski definition) is 3. The highest BCUT2D eigenvalue weighted by molar-refractivity contribution is 5.36. The molecule has 1 aliphatic carbocycles. The Morgan fingerprint density at radius 3 is 2.31 bits per heavy atom. The Morgan fingerprint density at radius 1 is 1.46 bits per heavy atom. The third kappa shape index (κ3) is 6.58. The minimum absolute atomic E-state index is 0.431. The molecule has 0 saturated heterocycles. The van der Waals surface area contributed by atoms with Crippen LogP contribution < -0.4 is 5.73 Å². The van der Waals surface area contributed by atoms with Crippen molar-refractivity contribution >= 4 is 6.47 Å². The molecule has 0 aromatic carbocycles. The normalized spacial score (nSPS) is 26.1. The van der Waals surface area contributed by atoms with E-state index in [4.69, 9.17) is 5.73 Å². The first-order chi connectivity index (χ1) is 6.24. The second-order valence-corrected chi connectivity index (χ2v) is 3.40. The number of ether oxygens (including phenoxy) is 1. The predicted molar refractivity (Wildman–Crippen MR) is 53.3 cm³/mol. The zero-order valence-corrected chi connectivity index (χ0v) is 8.66. The van der Waals surface area contributed by atoms with Gasteiger partial charge in [-0.25, -0.2) is 0 Å². The van der Waals surface area contributed by atoms with Crippen LogP contribution in [0.2, 0.25) is 0 Å². The van der Waals surface area contributed by atoms with Gasteiger partial charge in [0.15, 0.2) is 0 Å². The van der Waals surface area contributed by atoms with Crippen LogP contribution in [0.3, 0.4) is 0 Å². The zero-order valence-electron chi connectivity index (χ0n) is 8.66. The molecule has 13 heavy (non-hydrogen) atoms. The molecule has 0 radical (unpaired) electrons. The second kappa shape index (κ2) is 8.05. The third-order valence-electron chi connectivity index (χ3n) is 2.39. The highest BCUT2D eigenvalue weighted by Crippen LogP contribution is 2.25. The monoisotopic (exact) mass is 187 g/mol. The SMILES string of the molecule is CCC1CCC(N)C1.CCOC=O. The van der Waals surface area contributed by atoms with Gasteiger partial charge in [-0.15, -0.1) is 0 Å². The lowest BCUT2D eigenvalue weighted by atomic mass is 10.1. The van der Waals surface area contributed by atoms with Gasteiger partial charge in [0.05, 0.1) is 6.61 Å². The summed E-state index contributed by atoms with van der Waals surface area (Å²) in [6, 6.07) is 0.528. The number of rotatable bonds is 3. The van der Waals surface area contributed by atoms with Crippen LogP contribution in [0.4, 0.5) is 0 Å². The lowest BCUT2D eigenvalue weighted by molar-refractivity contribution is -0.128. The quantitative estimate of drug-likeness (QED) is 0.684. The van der Waals surface area contributed by atoms with E-state index in [1.807, 2.05) is 0 Å². The molecule has 1 rings (SSSR count). The van der Waals surface area contributed by atoms with E-state index in [0.29, 0.717) is 19.1 Å². The van der Waals surface area contributed by atoms with Crippen molar-refractivity contribution in [2.24, 2.45) is 11.7 Å². The first kappa shape index (κ1) is 12.4. The molecule has 0 aromatic rings. The average molecular weight is 187 g/mol. The molecule has 0 aliphatic heterocycles. The van der Waals surface area contributed by atoms with Crippen LogP contribution >= 0.6 is 0 Å². The number of nitrogens with two attached hydrogens (primary N) is 1. The van der Waals surface area contributed by atoms with Crippen molar-refractivity contribution in [2.45, 2.75) is 45.6 Å². The third-order valence-corrected chi connectivity index (χ3v) is 2.39. The van der Waals surface area contributed by atoms with E-state index in [1.54, 1.807) is 6.92 Å². The van der Waals surface area contributed by atoms with Crippen molar-refractivity contribution in [3.63, 3.8) is 0 Å². The van der Waals surface area contributed by atoms with Crippen molar-refractivity contribution in [1.29, 1.82) is 0 Å². The molecule has 0 heterocycles. The molecular weight excluding hydrogens is 166 g/mol. The molecule has 0 aromatic heterocycles. The van der Waals surface area contributed by atoms with Gasteiger partial charge >= 0.3 is 0 Å². The summed E-state index contributed by atoms with van der Waals surface area (Å²) in [5.41, 5.74) is 5.70. The highest BCUT2D eigenvalue weighted by atomic mass is 16.5. The predicted octanol–water partition coefficient (Wildman–Crippen LogP) is 1.70. The van der Waals surface area contributed by atoms with Crippen molar-refractivity contribution in [3.8, 4) is 0 Å². The minimum Gasteiger partial charge on any atom is -0.468 e. The van der Waals surface area contributed by atoms with E-state index in [1.165, 1.54) is 25.7 Å². The number of carbonyl (C=O) groups is 1. The van der Waals surface area contributed by atoms with E-state index in [0.717, 1.165) is 5.92 Å².